The molecular formula is C15H25N3O3S. The molecule has 1 fully saturated rings. The van der Waals surface area contributed by atoms with Crippen molar-refractivity contribution in [1.29, 1.82) is 0 Å². The van der Waals surface area contributed by atoms with E-state index in [2.05, 4.69) is 9.55 Å². The first-order valence-corrected chi connectivity index (χ1v) is 9.58. The van der Waals surface area contributed by atoms with E-state index in [0.717, 1.165) is 18.7 Å². The number of aryl methyl sites for hydroxylation is 1. The maximum Gasteiger partial charge on any atom is 0.240 e. The van der Waals surface area contributed by atoms with Crippen LogP contribution in [-0.4, -0.2) is 52.9 Å². The summed E-state index contributed by atoms with van der Waals surface area (Å²) in [6, 6.07) is 0.182. The van der Waals surface area contributed by atoms with Gasteiger partial charge in [-0.3, -0.25) is 4.79 Å². The zero-order chi connectivity index (χ0) is 16.3. The molecule has 1 aromatic rings. The Morgan fingerprint density at radius 1 is 1.50 bits per heavy atom. The molecule has 2 heterocycles. The molecule has 1 aliphatic rings. The van der Waals surface area contributed by atoms with Crippen molar-refractivity contribution in [3.8, 4) is 0 Å². The van der Waals surface area contributed by atoms with Crippen LogP contribution in [0.15, 0.2) is 12.4 Å². The van der Waals surface area contributed by atoms with Crippen LogP contribution in [0.1, 0.15) is 45.0 Å². The Labute approximate surface area is 132 Å². The minimum absolute atomic E-state index is 0.0673. The maximum atomic E-state index is 12.5. The Kier molecular flexibility index (Phi) is 5.26. The minimum Gasteiger partial charge on any atom is -0.340 e. The molecule has 0 aromatic carbocycles. The van der Waals surface area contributed by atoms with Crippen LogP contribution in [0, 0.1) is 6.92 Å². The molecule has 1 aromatic heterocycles. The first kappa shape index (κ1) is 17.0. The molecule has 22 heavy (non-hydrogen) atoms. The van der Waals surface area contributed by atoms with E-state index in [0.29, 0.717) is 19.5 Å². The van der Waals surface area contributed by atoms with Crippen molar-refractivity contribution in [2.75, 3.05) is 18.8 Å². The van der Waals surface area contributed by atoms with Crippen molar-refractivity contribution in [2.45, 2.75) is 51.3 Å². The van der Waals surface area contributed by atoms with Crippen LogP contribution in [-0.2, 0) is 14.6 Å². The average molecular weight is 327 g/mol. The van der Waals surface area contributed by atoms with E-state index in [1.54, 1.807) is 11.1 Å². The zero-order valence-electron chi connectivity index (χ0n) is 13.5. The summed E-state index contributed by atoms with van der Waals surface area (Å²) >= 11 is 0. The molecule has 6 nitrogen and oxygen atoms in total. The molecular weight excluding hydrogens is 302 g/mol. The van der Waals surface area contributed by atoms with E-state index in [4.69, 9.17) is 0 Å². The third kappa shape index (κ3) is 3.51. The fraction of sp³-hybridized carbons (Fsp3) is 0.733. The lowest BCUT2D eigenvalue weighted by Gasteiger charge is -2.35. The fourth-order valence-electron chi connectivity index (χ4n) is 3.03. The highest BCUT2D eigenvalue weighted by Gasteiger charge is 2.33. The van der Waals surface area contributed by atoms with Gasteiger partial charge in [-0.25, -0.2) is 13.4 Å². The van der Waals surface area contributed by atoms with Crippen molar-refractivity contribution in [2.24, 2.45) is 0 Å². The third-order valence-corrected chi connectivity index (χ3v) is 6.60. The van der Waals surface area contributed by atoms with Gasteiger partial charge in [-0.1, -0.05) is 6.92 Å². The second-order valence-corrected chi connectivity index (χ2v) is 8.41. The average Bonchev–Trinajstić information content (AvgIpc) is 2.92. The molecule has 0 aliphatic carbocycles. The number of amides is 1. The quantitative estimate of drug-likeness (QED) is 0.823. The van der Waals surface area contributed by atoms with Crippen LogP contribution in [0.25, 0.3) is 0 Å². The van der Waals surface area contributed by atoms with Crippen LogP contribution < -0.4 is 0 Å². The maximum absolute atomic E-state index is 12.5. The molecule has 1 saturated heterocycles. The molecule has 1 amide bonds. The van der Waals surface area contributed by atoms with E-state index < -0.39 is 15.1 Å². The van der Waals surface area contributed by atoms with Crippen LogP contribution in [0.3, 0.4) is 0 Å². The normalized spacial score (nSPS) is 20.9. The highest BCUT2D eigenvalue weighted by molar-refractivity contribution is 7.92. The minimum atomic E-state index is -3.35. The Morgan fingerprint density at radius 3 is 2.82 bits per heavy atom. The van der Waals surface area contributed by atoms with E-state index >= 15 is 0 Å². The molecule has 0 unspecified atom stereocenters. The number of aromatic nitrogens is 2. The second-order valence-electron chi connectivity index (χ2n) is 5.97. The van der Waals surface area contributed by atoms with E-state index in [1.807, 2.05) is 20.0 Å². The van der Waals surface area contributed by atoms with E-state index in [1.165, 1.54) is 6.92 Å². The number of piperidine rings is 1. The van der Waals surface area contributed by atoms with Gasteiger partial charge in [0.2, 0.25) is 5.91 Å². The van der Waals surface area contributed by atoms with Gasteiger partial charge in [0.05, 0.1) is 11.8 Å². The van der Waals surface area contributed by atoms with Gasteiger partial charge in [-0.15, -0.1) is 0 Å². The Bertz CT molecular complexity index is 624. The van der Waals surface area contributed by atoms with Crippen molar-refractivity contribution in [3.05, 3.63) is 18.2 Å². The van der Waals surface area contributed by atoms with Crippen molar-refractivity contribution in [3.63, 3.8) is 0 Å². The smallest absolute Gasteiger partial charge is 0.240 e. The van der Waals surface area contributed by atoms with Gasteiger partial charge >= 0.3 is 0 Å². The molecule has 0 spiro atoms. The van der Waals surface area contributed by atoms with Crippen molar-refractivity contribution >= 4 is 15.7 Å². The summed E-state index contributed by atoms with van der Waals surface area (Å²) in [5.74, 6) is 0.722. The number of hydrogen-bond donors (Lipinski definition) is 0. The first-order chi connectivity index (χ1) is 10.4. The van der Waals surface area contributed by atoms with Gasteiger partial charge in [0.15, 0.2) is 9.84 Å². The van der Waals surface area contributed by atoms with Gasteiger partial charge < -0.3 is 9.47 Å². The SMILES string of the molecule is CCCS(=O)(=O)[C@@H](C)C(=O)N1CCC[C@H](n2ccnc2C)C1. The van der Waals surface area contributed by atoms with Crippen LogP contribution in [0.2, 0.25) is 0 Å². The molecule has 7 heteroatoms. The zero-order valence-corrected chi connectivity index (χ0v) is 14.3. The number of nitrogens with zero attached hydrogens (tertiary/aromatic N) is 3. The molecule has 0 N–H and O–H groups in total. The summed E-state index contributed by atoms with van der Waals surface area (Å²) in [5.41, 5.74) is 0. The van der Waals surface area contributed by atoms with Gasteiger partial charge in [0, 0.05) is 25.5 Å². The van der Waals surface area contributed by atoms with Crippen LogP contribution in [0.5, 0.6) is 0 Å². The Balaban J connectivity index is 2.09. The first-order valence-electron chi connectivity index (χ1n) is 7.86. The topological polar surface area (TPSA) is 72.3 Å². The van der Waals surface area contributed by atoms with Crippen molar-refractivity contribution in [1.82, 2.24) is 14.5 Å². The summed E-state index contributed by atoms with van der Waals surface area (Å²) in [6.45, 7) is 6.46. The highest BCUT2D eigenvalue weighted by Crippen LogP contribution is 2.24. The predicted octanol–water partition coefficient (Wildman–Crippen LogP) is 1.57. The van der Waals surface area contributed by atoms with Crippen molar-refractivity contribution < 1.29 is 13.2 Å². The lowest BCUT2D eigenvalue weighted by atomic mass is 10.0. The standard InChI is InChI=1S/C15H25N3O3S/c1-4-10-22(20,21)12(2)15(19)17-8-5-6-14(11-17)18-9-7-16-13(18)3/h7,9,12,14H,4-6,8,10-11H2,1-3H3/t12-,14-/m0/s1. The van der Waals surface area contributed by atoms with Gasteiger partial charge in [0.1, 0.15) is 11.1 Å². The monoisotopic (exact) mass is 327 g/mol. The van der Waals surface area contributed by atoms with E-state index in [-0.39, 0.29) is 17.7 Å². The number of rotatable bonds is 5. The number of carbonyl (C=O) groups excluding carboxylic acids is 1. The second kappa shape index (κ2) is 6.81. The van der Waals surface area contributed by atoms with Gasteiger partial charge in [-0.2, -0.15) is 0 Å². The molecule has 124 valence electrons. The van der Waals surface area contributed by atoms with E-state index in [9.17, 15) is 13.2 Å². The molecule has 2 atom stereocenters. The summed E-state index contributed by atoms with van der Waals surface area (Å²) in [5, 5.41) is -0.949. The van der Waals surface area contributed by atoms with Gasteiger partial charge in [0.25, 0.3) is 0 Å². The van der Waals surface area contributed by atoms with Crippen LogP contribution in [0.4, 0.5) is 0 Å². The highest BCUT2D eigenvalue weighted by atomic mass is 32.2. The number of likely N-dealkylation sites (tertiary alicyclic amines) is 1. The van der Waals surface area contributed by atoms with Crippen LogP contribution >= 0.6 is 0 Å². The molecule has 0 saturated carbocycles. The lowest BCUT2D eigenvalue weighted by Crippen LogP contribution is -2.47. The predicted molar refractivity (Wildman–Crippen MR) is 85.4 cm³/mol. The largest absolute Gasteiger partial charge is 0.340 e. The van der Waals surface area contributed by atoms with Gasteiger partial charge in [-0.05, 0) is 33.1 Å². The fourth-order valence-corrected chi connectivity index (χ4v) is 4.41. The number of sulfone groups is 1. The number of carbonyl (C=O) groups is 1. The molecule has 0 bridgehead atoms. The number of hydrogen-bond acceptors (Lipinski definition) is 4. The third-order valence-electron chi connectivity index (χ3n) is 4.34. The molecule has 0 radical (unpaired) electrons. The lowest BCUT2D eigenvalue weighted by molar-refractivity contribution is -0.132. The molecule has 1 aliphatic heterocycles. The Morgan fingerprint density at radius 2 is 2.23 bits per heavy atom. The summed E-state index contributed by atoms with van der Waals surface area (Å²) in [7, 11) is -3.35. The summed E-state index contributed by atoms with van der Waals surface area (Å²) in [4.78, 5) is 18.5. The summed E-state index contributed by atoms with van der Waals surface area (Å²) < 4.78 is 26.3. The Hall–Kier alpha value is -1.37. The number of imidazole rings is 1. The summed E-state index contributed by atoms with van der Waals surface area (Å²) in [6.07, 6.45) is 6.08. The molecule has 2 rings (SSSR count).